The largest absolute Gasteiger partial charge is 0.465 e. The minimum absolute atomic E-state index is 0.234. The van der Waals surface area contributed by atoms with E-state index in [2.05, 4.69) is 0 Å². The van der Waals surface area contributed by atoms with Gasteiger partial charge in [0.2, 0.25) is 5.91 Å². The van der Waals surface area contributed by atoms with Crippen LogP contribution in [0.2, 0.25) is 5.02 Å². The van der Waals surface area contributed by atoms with Gasteiger partial charge >= 0.3 is 5.97 Å². The van der Waals surface area contributed by atoms with Crippen molar-refractivity contribution in [3.8, 4) is 0 Å². The van der Waals surface area contributed by atoms with E-state index < -0.39 is 35.8 Å². The third-order valence-electron chi connectivity index (χ3n) is 6.57. The van der Waals surface area contributed by atoms with Crippen LogP contribution in [0.3, 0.4) is 0 Å². The molecule has 2 fully saturated rings. The summed E-state index contributed by atoms with van der Waals surface area (Å²) in [7, 11) is 1.28. The van der Waals surface area contributed by atoms with Gasteiger partial charge in [0.1, 0.15) is 10.9 Å². The third-order valence-corrected chi connectivity index (χ3v) is 8.02. The number of amides is 2. The Bertz CT molecular complexity index is 1340. The summed E-state index contributed by atoms with van der Waals surface area (Å²) < 4.78 is 4.95. The fourth-order valence-electron chi connectivity index (χ4n) is 4.64. The van der Waals surface area contributed by atoms with Crippen molar-refractivity contribution in [1.82, 2.24) is 0 Å². The maximum absolute atomic E-state index is 13.9. The van der Waals surface area contributed by atoms with E-state index in [1.54, 1.807) is 36.3 Å². The van der Waals surface area contributed by atoms with Crippen molar-refractivity contribution in [2.24, 2.45) is 5.92 Å². The van der Waals surface area contributed by atoms with Gasteiger partial charge in [-0.25, -0.2) is 14.8 Å². The number of carbonyl (C=O) groups is 3. The molecule has 0 unspecified atom stereocenters. The maximum Gasteiger partial charge on any atom is 0.341 e. The average molecular weight is 511 g/mol. The van der Waals surface area contributed by atoms with Crippen LogP contribution in [0.15, 0.2) is 48.5 Å². The maximum atomic E-state index is 13.9. The molecule has 5 rings (SSSR count). The summed E-state index contributed by atoms with van der Waals surface area (Å²) in [5, 5.41) is 2.47. The van der Waals surface area contributed by atoms with Gasteiger partial charge < -0.3 is 4.74 Å². The monoisotopic (exact) mass is 510 g/mol. The lowest BCUT2D eigenvalue weighted by Crippen LogP contribution is -2.37. The van der Waals surface area contributed by atoms with Gasteiger partial charge in [0.15, 0.2) is 6.10 Å². The molecule has 3 heterocycles. The Morgan fingerprint density at radius 1 is 1.00 bits per heavy atom. The molecule has 2 amide bonds. The summed E-state index contributed by atoms with van der Waals surface area (Å²) in [6.45, 7) is 5.60. The van der Waals surface area contributed by atoms with Crippen molar-refractivity contribution < 1.29 is 24.0 Å². The molecule has 0 aliphatic carbocycles. The fourth-order valence-corrected chi connectivity index (χ4v) is 5.92. The van der Waals surface area contributed by atoms with Crippen molar-refractivity contribution in [3.63, 3.8) is 0 Å². The molecule has 2 aliphatic heterocycles. The third kappa shape index (κ3) is 3.73. The Balaban J connectivity index is 1.60. The van der Waals surface area contributed by atoms with Gasteiger partial charge in [-0.2, -0.15) is 0 Å². The van der Waals surface area contributed by atoms with E-state index in [1.807, 2.05) is 38.1 Å². The lowest BCUT2D eigenvalue weighted by Gasteiger charge is -2.28. The first-order valence-corrected chi connectivity index (χ1v) is 12.3. The Morgan fingerprint density at radius 2 is 1.66 bits per heavy atom. The number of ether oxygens (including phenoxy) is 1. The molecule has 1 aromatic heterocycles. The number of fused-ring (bicyclic) bond motifs is 1. The lowest BCUT2D eigenvalue weighted by atomic mass is 9.90. The van der Waals surface area contributed by atoms with Crippen LogP contribution in [0.5, 0.6) is 0 Å². The SMILES string of the molecule is COC(=O)c1c(N2C(=O)[C@@H]3[C@H](ON(c4ccc(Cl)cc4)[C@@H]3c3ccc(C)cc3)C2=O)sc(C)c1C. The Kier molecular flexibility index (Phi) is 5.91. The Labute approximate surface area is 211 Å². The van der Waals surface area contributed by atoms with E-state index in [0.29, 0.717) is 16.3 Å². The van der Waals surface area contributed by atoms with E-state index in [0.717, 1.165) is 20.9 Å². The molecule has 0 radical (unpaired) electrons. The number of hydrogen-bond acceptors (Lipinski definition) is 7. The summed E-state index contributed by atoms with van der Waals surface area (Å²) in [5.41, 5.74) is 3.52. The average Bonchev–Trinajstić information content (AvgIpc) is 3.45. The summed E-state index contributed by atoms with van der Waals surface area (Å²) in [4.78, 5) is 48.2. The molecule has 2 aromatic carbocycles. The molecule has 3 aromatic rings. The lowest BCUT2D eigenvalue weighted by molar-refractivity contribution is -0.126. The van der Waals surface area contributed by atoms with Crippen LogP contribution in [0, 0.1) is 26.7 Å². The zero-order valence-corrected chi connectivity index (χ0v) is 21.1. The van der Waals surface area contributed by atoms with Crippen molar-refractivity contribution >= 4 is 51.4 Å². The predicted octanol–water partition coefficient (Wildman–Crippen LogP) is 5.16. The van der Waals surface area contributed by atoms with Crippen LogP contribution in [0.4, 0.5) is 10.7 Å². The van der Waals surface area contributed by atoms with Gasteiger partial charge in [0.25, 0.3) is 5.91 Å². The van der Waals surface area contributed by atoms with Crippen LogP contribution < -0.4 is 9.96 Å². The number of hydrogen-bond donors (Lipinski definition) is 0. The van der Waals surface area contributed by atoms with Crippen molar-refractivity contribution in [2.45, 2.75) is 32.9 Å². The van der Waals surface area contributed by atoms with Crippen molar-refractivity contribution in [3.05, 3.63) is 80.7 Å². The van der Waals surface area contributed by atoms with Gasteiger partial charge in [-0.3, -0.25) is 14.4 Å². The molecule has 0 saturated carbocycles. The number of anilines is 2. The molecule has 2 aliphatic rings. The number of aryl methyl sites for hydroxylation is 2. The number of esters is 1. The minimum Gasteiger partial charge on any atom is -0.465 e. The highest BCUT2D eigenvalue weighted by atomic mass is 35.5. The molecular formula is C26H23ClN2O5S. The first-order chi connectivity index (χ1) is 16.7. The van der Waals surface area contributed by atoms with Crippen LogP contribution in [0.25, 0.3) is 0 Å². The molecule has 35 heavy (non-hydrogen) atoms. The van der Waals surface area contributed by atoms with Gasteiger partial charge in [0, 0.05) is 9.90 Å². The van der Waals surface area contributed by atoms with E-state index in [1.165, 1.54) is 18.4 Å². The van der Waals surface area contributed by atoms with Gasteiger partial charge in [-0.1, -0.05) is 41.4 Å². The summed E-state index contributed by atoms with van der Waals surface area (Å²) in [5.74, 6) is -2.29. The topological polar surface area (TPSA) is 76.2 Å². The number of methoxy groups -OCH3 is 1. The normalized spacial score (nSPS) is 21.6. The van der Waals surface area contributed by atoms with Gasteiger partial charge in [0.05, 0.1) is 24.4 Å². The Hall–Kier alpha value is -3.20. The molecule has 0 spiro atoms. The second-order valence-corrected chi connectivity index (χ2v) is 10.3. The van der Waals surface area contributed by atoms with Crippen molar-refractivity contribution in [2.75, 3.05) is 17.1 Å². The van der Waals surface area contributed by atoms with Crippen LogP contribution in [-0.4, -0.2) is 31.0 Å². The number of rotatable bonds is 4. The van der Waals surface area contributed by atoms with Crippen LogP contribution >= 0.6 is 22.9 Å². The van der Waals surface area contributed by atoms with E-state index in [4.69, 9.17) is 21.2 Å². The number of carbonyl (C=O) groups excluding carboxylic acids is 3. The first kappa shape index (κ1) is 23.5. The van der Waals surface area contributed by atoms with Crippen molar-refractivity contribution in [1.29, 1.82) is 0 Å². The second kappa shape index (κ2) is 8.78. The number of thiophene rings is 1. The predicted molar refractivity (Wildman–Crippen MR) is 134 cm³/mol. The standard InChI is InChI=1S/C26H23ClN2O5S/c1-13-5-7-16(8-6-13)21-20-22(34-29(21)18-11-9-17(27)10-12-18)24(31)28(23(20)30)25-19(26(32)33-4)14(2)15(3)35-25/h5-12,20-22H,1-4H3/t20-,21+,22-/m0/s1. The molecule has 2 saturated heterocycles. The number of imide groups is 1. The van der Waals surface area contributed by atoms with E-state index in [9.17, 15) is 14.4 Å². The minimum atomic E-state index is -1.03. The Morgan fingerprint density at radius 3 is 2.29 bits per heavy atom. The fraction of sp³-hybridized carbons (Fsp3) is 0.269. The van der Waals surface area contributed by atoms with Crippen LogP contribution in [-0.2, 0) is 19.2 Å². The molecule has 3 atom stereocenters. The zero-order valence-electron chi connectivity index (χ0n) is 19.6. The molecule has 7 nitrogen and oxygen atoms in total. The first-order valence-electron chi connectivity index (χ1n) is 11.1. The van der Waals surface area contributed by atoms with Gasteiger partial charge in [-0.15, -0.1) is 11.3 Å². The summed E-state index contributed by atoms with van der Waals surface area (Å²) >= 11 is 7.30. The molecular weight excluding hydrogens is 488 g/mol. The number of benzene rings is 2. The summed E-state index contributed by atoms with van der Waals surface area (Å²) in [6.07, 6.45) is -1.03. The highest BCUT2D eigenvalue weighted by Crippen LogP contribution is 2.49. The highest BCUT2D eigenvalue weighted by Gasteiger charge is 2.61. The number of nitrogens with zero attached hydrogens (tertiary/aromatic N) is 2. The second-order valence-electron chi connectivity index (χ2n) is 8.68. The number of hydroxylamine groups is 1. The molecule has 9 heteroatoms. The van der Waals surface area contributed by atoms with Crippen LogP contribution in [0.1, 0.15) is 38.0 Å². The molecule has 0 N–H and O–H groups in total. The molecule has 0 bridgehead atoms. The smallest absolute Gasteiger partial charge is 0.341 e. The highest BCUT2D eigenvalue weighted by molar-refractivity contribution is 7.17. The molecule has 180 valence electrons. The number of halogens is 1. The van der Waals surface area contributed by atoms with E-state index >= 15 is 0 Å². The van der Waals surface area contributed by atoms with E-state index in [-0.39, 0.29) is 10.6 Å². The quantitative estimate of drug-likeness (QED) is 0.356. The zero-order chi connectivity index (χ0) is 25.0. The summed E-state index contributed by atoms with van der Waals surface area (Å²) in [6, 6.07) is 14.3. The van der Waals surface area contributed by atoms with Gasteiger partial charge in [-0.05, 0) is 56.2 Å².